The van der Waals surface area contributed by atoms with Crippen molar-refractivity contribution in [1.82, 2.24) is 0 Å². The monoisotopic (exact) mass is 183 g/mol. The topological polar surface area (TPSA) is 46.2 Å². The normalized spacial score (nSPS) is 52.8. The van der Waals surface area contributed by atoms with Gasteiger partial charge in [0, 0.05) is 0 Å². The molecule has 76 valence electrons. The first-order chi connectivity index (χ1) is 5.90. The van der Waals surface area contributed by atoms with Gasteiger partial charge in [0.2, 0.25) is 0 Å². The third-order valence-corrected chi connectivity index (χ3v) is 5.59. The van der Waals surface area contributed by atoms with Gasteiger partial charge in [-0.1, -0.05) is 20.8 Å². The van der Waals surface area contributed by atoms with Crippen LogP contribution < -0.4 is 5.73 Å². The third-order valence-electron chi connectivity index (χ3n) is 5.59. The molecule has 2 aliphatic rings. The Bertz CT molecular complexity index is 238. The summed E-state index contributed by atoms with van der Waals surface area (Å²) in [6.07, 6.45) is 3.11. The summed E-state index contributed by atoms with van der Waals surface area (Å²) in [4.78, 5) is 0. The van der Waals surface area contributed by atoms with E-state index in [-0.39, 0.29) is 22.3 Å². The summed E-state index contributed by atoms with van der Waals surface area (Å²) in [5.74, 6) is 0. The Kier molecular flexibility index (Phi) is 1.67. The lowest BCUT2D eigenvalue weighted by Gasteiger charge is -2.40. The Morgan fingerprint density at radius 2 is 1.92 bits per heavy atom. The molecule has 13 heavy (non-hydrogen) atoms. The van der Waals surface area contributed by atoms with Crippen molar-refractivity contribution in [2.75, 3.05) is 6.54 Å². The highest BCUT2D eigenvalue weighted by Crippen LogP contribution is 2.71. The van der Waals surface area contributed by atoms with Crippen LogP contribution in [0.15, 0.2) is 0 Å². The first-order valence-electron chi connectivity index (χ1n) is 5.28. The highest BCUT2D eigenvalue weighted by atomic mass is 16.3. The molecule has 0 saturated heterocycles. The number of fused-ring (bicyclic) bond motifs is 2. The number of hydrogen-bond acceptors (Lipinski definition) is 2. The number of hydrogen-bond donors (Lipinski definition) is 2. The van der Waals surface area contributed by atoms with E-state index in [4.69, 9.17) is 5.73 Å². The Labute approximate surface area is 80.5 Å². The van der Waals surface area contributed by atoms with E-state index in [0.29, 0.717) is 0 Å². The highest BCUT2D eigenvalue weighted by molar-refractivity contribution is 5.18. The molecule has 2 aliphatic carbocycles. The number of aliphatic hydroxyl groups is 1. The molecule has 0 aromatic heterocycles. The third kappa shape index (κ3) is 0.774. The second-order valence-electron chi connectivity index (χ2n) is 5.75. The molecule has 0 radical (unpaired) electrons. The molecule has 2 nitrogen and oxygen atoms in total. The summed E-state index contributed by atoms with van der Waals surface area (Å²) in [5, 5.41) is 10.1. The quantitative estimate of drug-likeness (QED) is 0.647. The molecule has 0 unspecified atom stereocenters. The molecule has 2 saturated carbocycles. The fraction of sp³-hybridized carbons (Fsp3) is 1.00. The lowest BCUT2D eigenvalue weighted by Crippen LogP contribution is -2.40. The van der Waals surface area contributed by atoms with Crippen LogP contribution in [0.5, 0.6) is 0 Å². The zero-order valence-corrected chi connectivity index (χ0v) is 8.93. The van der Waals surface area contributed by atoms with E-state index in [1.807, 2.05) is 0 Å². The number of nitrogens with two attached hydrogens (primary N) is 1. The van der Waals surface area contributed by atoms with E-state index >= 15 is 0 Å². The lowest BCUT2D eigenvalue weighted by molar-refractivity contribution is 0.0113. The standard InChI is InChI=1S/C11H21NO/c1-9(2)10(3)4-5-11(9,7-12)6-8(10)13/h8,13H,4-7,12H2,1-3H3/t8-,10+,11+/m0/s1. The van der Waals surface area contributed by atoms with Crippen molar-refractivity contribution < 1.29 is 5.11 Å². The van der Waals surface area contributed by atoms with Crippen LogP contribution in [0.1, 0.15) is 40.0 Å². The lowest BCUT2D eigenvalue weighted by atomic mass is 9.65. The summed E-state index contributed by atoms with van der Waals surface area (Å²) in [6, 6.07) is 0. The van der Waals surface area contributed by atoms with E-state index in [9.17, 15) is 5.11 Å². The minimum absolute atomic E-state index is 0.104. The SMILES string of the molecule is CC1(C)[C@]2(CN)CC[C@]1(C)[C@@H](O)C2. The van der Waals surface area contributed by atoms with Gasteiger partial charge in [-0.15, -0.1) is 0 Å². The van der Waals surface area contributed by atoms with E-state index in [2.05, 4.69) is 20.8 Å². The zero-order valence-electron chi connectivity index (χ0n) is 8.93. The Morgan fingerprint density at radius 3 is 2.15 bits per heavy atom. The van der Waals surface area contributed by atoms with Gasteiger partial charge in [-0.05, 0) is 42.1 Å². The van der Waals surface area contributed by atoms with Gasteiger partial charge in [-0.25, -0.2) is 0 Å². The van der Waals surface area contributed by atoms with Crippen molar-refractivity contribution in [3.63, 3.8) is 0 Å². The van der Waals surface area contributed by atoms with E-state index in [0.717, 1.165) is 19.4 Å². The molecule has 0 aromatic rings. The van der Waals surface area contributed by atoms with Gasteiger partial charge in [-0.2, -0.15) is 0 Å². The van der Waals surface area contributed by atoms with Gasteiger partial charge < -0.3 is 10.8 Å². The van der Waals surface area contributed by atoms with Crippen molar-refractivity contribution in [3.8, 4) is 0 Å². The van der Waals surface area contributed by atoms with Crippen LogP contribution >= 0.6 is 0 Å². The molecule has 2 rings (SSSR count). The van der Waals surface area contributed by atoms with E-state index in [1.165, 1.54) is 6.42 Å². The Balaban J connectivity index is 2.46. The molecule has 2 heteroatoms. The molecule has 2 bridgehead atoms. The minimum Gasteiger partial charge on any atom is -0.393 e. The van der Waals surface area contributed by atoms with Crippen molar-refractivity contribution in [2.24, 2.45) is 22.0 Å². The zero-order chi connectivity index (χ0) is 9.91. The summed E-state index contributed by atoms with van der Waals surface area (Å²) in [7, 11) is 0. The van der Waals surface area contributed by atoms with Gasteiger partial charge in [0.1, 0.15) is 0 Å². The van der Waals surface area contributed by atoms with Crippen LogP contribution in [0.25, 0.3) is 0 Å². The van der Waals surface area contributed by atoms with Gasteiger partial charge in [0.05, 0.1) is 6.10 Å². The number of aliphatic hydroxyl groups excluding tert-OH is 1. The molecule has 2 fully saturated rings. The fourth-order valence-corrected chi connectivity index (χ4v) is 3.71. The molecule has 0 aromatic carbocycles. The van der Waals surface area contributed by atoms with Crippen molar-refractivity contribution in [2.45, 2.75) is 46.1 Å². The predicted octanol–water partition coefficient (Wildman–Crippen LogP) is 1.52. The van der Waals surface area contributed by atoms with E-state index < -0.39 is 0 Å². The van der Waals surface area contributed by atoms with E-state index in [1.54, 1.807) is 0 Å². The molecule has 3 atom stereocenters. The fourth-order valence-electron chi connectivity index (χ4n) is 3.71. The summed E-state index contributed by atoms with van der Waals surface area (Å²) in [6.45, 7) is 7.51. The molecule has 0 aliphatic heterocycles. The first kappa shape index (κ1) is 9.47. The number of rotatable bonds is 1. The first-order valence-corrected chi connectivity index (χ1v) is 5.28. The van der Waals surface area contributed by atoms with Gasteiger partial charge >= 0.3 is 0 Å². The molecule has 3 N–H and O–H groups in total. The average Bonchev–Trinajstić information content (AvgIpc) is 2.34. The van der Waals surface area contributed by atoms with Crippen molar-refractivity contribution >= 4 is 0 Å². The molecule has 0 heterocycles. The average molecular weight is 183 g/mol. The van der Waals surface area contributed by atoms with Gasteiger partial charge in [-0.3, -0.25) is 0 Å². The summed E-state index contributed by atoms with van der Waals surface area (Å²) >= 11 is 0. The Hall–Kier alpha value is -0.0800. The molecular weight excluding hydrogens is 162 g/mol. The van der Waals surface area contributed by atoms with Crippen molar-refractivity contribution in [3.05, 3.63) is 0 Å². The summed E-state index contributed by atoms with van der Waals surface area (Å²) < 4.78 is 0. The maximum atomic E-state index is 10.1. The maximum absolute atomic E-state index is 10.1. The van der Waals surface area contributed by atoms with Gasteiger partial charge in [0.15, 0.2) is 0 Å². The Morgan fingerprint density at radius 1 is 1.31 bits per heavy atom. The second kappa shape index (κ2) is 2.29. The van der Waals surface area contributed by atoms with Crippen LogP contribution in [0, 0.1) is 16.2 Å². The largest absolute Gasteiger partial charge is 0.393 e. The van der Waals surface area contributed by atoms with Crippen LogP contribution in [0.3, 0.4) is 0 Å². The highest BCUT2D eigenvalue weighted by Gasteiger charge is 2.68. The van der Waals surface area contributed by atoms with Crippen molar-refractivity contribution in [1.29, 1.82) is 0 Å². The minimum atomic E-state index is -0.139. The second-order valence-corrected chi connectivity index (χ2v) is 5.75. The molecule has 0 spiro atoms. The predicted molar refractivity (Wildman–Crippen MR) is 53.2 cm³/mol. The van der Waals surface area contributed by atoms with Gasteiger partial charge in [0.25, 0.3) is 0 Å². The van der Waals surface area contributed by atoms with Crippen LogP contribution in [0.4, 0.5) is 0 Å². The molecular formula is C11H21NO. The van der Waals surface area contributed by atoms with Crippen LogP contribution in [-0.2, 0) is 0 Å². The van der Waals surface area contributed by atoms with Crippen LogP contribution in [0.2, 0.25) is 0 Å². The maximum Gasteiger partial charge on any atom is 0.0605 e. The molecule has 0 amide bonds. The summed E-state index contributed by atoms with van der Waals surface area (Å²) in [5.41, 5.74) is 6.41. The smallest absolute Gasteiger partial charge is 0.0605 e. The van der Waals surface area contributed by atoms with Crippen LogP contribution in [-0.4, -0.2) is 17.8 Å².